The molecule has 9 heteroatoms. The Labute approximate surface area is 228 Å². The van der Waals surface area contributed by atoms with Crippen molar-refractivity contribution in [3.05, 3.63) is 92.9 Å². The first-order chi connectivity index (χ1) is 17.7. The molecule has 5 nitrogen and oxygen atoms in total. The molecular weight excluding hydrogens is 566 g/mol. The normalized spacial score (nSPS) is 19.3. The first-order valence-corrected chi connectivity index (χ1v) is 13.2. The van der Waals surface area contributed by atoms with Gasteiger partial charge in [0.2, 0.25) is 0 Å². The number of nitrogens with one attached hydrogen (secondary N) is 2. The quantitative estimate of drug-likeness (QED) is 0.258. The molecule has 37 heavy (non-hydrogen) atoms. The second-order valence-electron chi connectivity index (χ2n) is 9.44. The molecular formula is C28H28BrClF2N2O3. The molecule has 0 saturated heterocycles. The highest BCUT2D eigenvalue weighted by Gasteiger charge is 2.34. The maximum atomic E-state index is 13.8. The average molecular weight is 594 g/mol. The Bertz CT molecular complexity index is 1210. The van der Waals surface area contributed by atoms with Gasteiger partial charge in [-0.15, -0.1) is 0 Å². The lowest BCUT2D eigenvalue weighted by Gasteiger charge is -2.36. The highest BCUT2D eigenvalue weighted by molar-refractivity contribution is 9.10. The number of halogens is 4. The van der Waals surface area contributed by atoms with Crippen molar-refractivity contribution in [2.24, 2.45) is 5.92 Å². The van der Waals surface area contributed by atoms with E-state index in [0.29, 0.717) is 30.4 Å². The minimum atomic E-state index is -1.08. The van der Waals surface area contributed by atoms with Crippen molar-refractivity contribution >= 4 is 39.2 Å². The number of ether oxygens (including phenoxy) is 1. The molecule has 2 amide bonds. The zero-order valence-corrected chi connectivity index (χ0v) is 22.4. The molecule has 0 spiro atoms. The van der Waals surface area contributed by atoms with Crippen molar-refractivity contribution in [2.75, 3.05) is 11.9 Å². The molecule has 4 rings (SSSR count). The Morgan fingerprint density at radius 3 is 2.43 bits per heavy atom. The van der Waals surface area contributed by atoms with Crippen LogP contribution in [0.3, 0.4) is 0 Å². The predicted molar refractivity (Wildman–Crippen MR) is 144 cm³/mol. The Hall–Kier alpha value is -2.68. The molecule has 0 radical (unpaired) electrons. The van der Waals surface area contributed by atoms with Gasteiger partial charge < -0.3 is 20.5 Å². The van der Waals surface area contributed by atoms with Gasteiger partial charge in [0.25, 0.3) is 0 Å². The third-order valence-electron chi connectivity index (χ3n) is 6.65. The van der Waals surface area contributed by atoms with Gasteiger partial charge in [0.05, 0.1) is 5.60 Å². The Balaban J connectivity index is 1.29. The number of benzene rings is 3. The van der Waals surface area contributed by atoms with E-state index >= 15 is 0 Å². The minimum Gasteiger partial charge on any atom is -0.489 e. The summed E-state index contributed by atoms with van der Waals surface area (Å²) >= 11 is 9.51. The van der Waals surface area contributed by atoms with Crippen LogP contribution in [0, 0.1) is 17.6 Å². The number of amides is 2. The Morgan fingerprint density at radius 1 is 1.08 bits per heavy atom. The van der Waals surface area contributed by atoms with E-state index in [-0.39, 0.29) is 6.54 Å². The van der Waals surface area contributed by atoms with Crippen LogP contribution in [0.1, 0.15) is 36.8 Å². The molecule has 1 saturated carbocycles. The number of aliphatic hydroxyl groups is 1. The fourth-order valence-electron chi connectivity index (χ4n) is 4.52. The summed E-state index contributed by atoms with van der Waals surface area (Å²) in [5.74, 6) is -0.566. The number of para-hydroxylation sites is 1. The van der Waals surface area contributed by atoms with Crippen LogP contribution in [0.15, 0.2) is 65.1 Å². The average Bonchev–Trinajstić information content (AvgIpc) is 2.87. The maximum absolute atomic E-state index is 13.8. The summed E-state index contributed by atoms with van der Waals surface area (Å²) in [5.41, 5.74) is 0.518. The molecule has 0 bridgehead atoms. The summed E-state index contributed by atoms with van der Waals surface area (Å²) in [7, 11) is 0. The van der Waals surface area contributed by atoms with Crippen LogP contribution in [0.2, 0.25) is 5.02 Å². The third-order valence-corrected chi connectivity index (χ3v) is 7.40. The number of anilines is 1. The second-order valence-corrected chi connectivity index (χ2v) is 10.8. The van der Waals surface area contributed by atoms with Gasteiger partial charge in [0.15, 0.2) is 0 Å². The molecule has 1 aliphatic rings. The van der Waals surface area contributed by atoms with Crippen molar-refractivity contribution in [1.29, 1.82) is 0 Å². The van der Waals surface area contributed by atoms with Crippen LogP contribution < -0.4 is 15.4 Å². The maximum Gasteiger partial charge on any atom is 0.319 e. The summed E-state index contributed by atoms with van der Waals surface area (Å²) in [4.78, 5) is 12.2. The zero-order valence-electron chi connectivity index (χ0n) is 20.1. The highest BCUT2D eigenvalue weighted by Crippen LogP contribution is 2.36. The van der Waals surface area contributed by atoms with Gasteiger partial charge in [-0.3, -0.25) is 0 Å². The summed E-state index contributed by atoms with van der Waals surface area (Å²) in [5, 5.41) is 16.4. The molecule has 3 aromatic rings. The number of carbonyl (C=O) groups excluding carboxylic acids is 1. The van der Waals surface area contributed by atoms with E-state index < -0.39 is 29.0 Å². The Kier molecular flexibility index (Phi) is 9.05. The largest absolute Gasteiger partial charge is 0.489 e. The van der Waals surface area contributed by atoms with Crippen molar-refractivity contribution in [1.82, 2.24) is 5.32 Å². The molecule has 3 aromatic carbocycles. The van der Waals surface area contributed by atoms with E-state index in [9.17, 15) is 18.7 Å². The van der Waals surface area contributed by atoms with Crippen molar-refractivity contribution in [3.63, 3.8) is 0 Å². The van der Waals surface area contributed by atoms with E-state index in [0.717, 1.165) is 52.7 Å². The van der Waals surface area contributed by atoms with Crippen LogP contribution in [-0.2, 0) is 13.0 Å². The van der Waals surface area contributed by atoms with Gasteiger partial charge in [-0.2, -0.15) is 0 Å². The van der Waals surface area contributed by atoms with Crippen LogP contribution in [-0.4, -0.2) is 23.3 Å². The number of rotatable bonds is 8. The number of hydrogen-bond donors (Lipinski definition) is 3. The van der Waals surface area contributed by atoms with Crippen molar-refractivity contribution in [2.45, 2.75) is 44.3 Å². The fraction of sp³-hybridized carbons (Fsp3) is 0.321. The van der Waals surface area contributed by atoms with Gasteiger partial charge in [-0.25, -0.2) is 13.6 Å². The van der Waals surface area contributed by atoms with E-state index in [1.807, 2.05) is 36.4 Å². The van der Waals surface area contributed by atoms with Crippen LogP contribution >= 0.6 is 27.5 Å². The molecule has 0 unspecified atom stereocenters. The predicted octanol–water partition coefficient (Wildman–Crippen LogP) is 7.25. The number of carbonyl (C=O) groups is 1. The fourth-order valence-corrected chi connectivity index (χ4v) is 5.05. The zero-order chi connectivity index (χ0) is 26.4. The van der Waals surface area contributed by atoms with Gasteiger partial charge >= 0.3 is 6.03 Å². The molecule has 0 aliphatic heterocycles. The van der Waals surface area contributed by atoms with Crippen LogP contribution in [0.5, 0.6) is 5.75 Å². The first kappa shape index (κ1) is 27.4. The summed E-state index contributed by atoms with van der Waals surface area (Å²) in [6.45, 7) is 0.425. The van der Waals surface area contributed by atoms with Crippen molar-refractivity contribution in [3.8, 4) is 5.75 Å². The van der Waals surface area contributed by atoms with Gasteiger partial charge in [0, 0.05) is 16.0 Å². The van der Waals surface area contributed by atoms with E-state index in [1.165, 1.54) is 6.07 Å². The molecule has 1 aliphatic carbocycles. The van der Waals surface area contributed by atoms with Crippen molar-refractivity contribution < 1.29 is 23.4 Å². The highest BCUT2D eigenvalue weighted by atomic mass is 79.9. The number of urea groups is 1. The summed E-state index contributed by atoms with van der Waals surface area (Å²) < 4.78 is 34.6. The smallest absolute Gasteiger partial charge is 0.319 e. The van der Waals surface area contributed by atoms with Crippen LogP contribution in [0.4, 0.5) is 19.3 Å². The summed E-state index contributed by atoms with van der Waals surface area (Å²) in [6, 6.07) is 16.1. The standard InChI is InChI=1S/C28H28BrClF2N2O3/c29-21-6-9-25(37-16-19-4-7-22(30)8-5-19)20(15-21)14-18-10-12-28(36,13-11-18)17-33-27(35)34-26-23(31)2-1-3-24(26)32/h1-9,15,18,36H,10-14,16-17H2,(H2,33,34,35). The van der Waals surface area contributed by atoms with Gasteiger partial charge in [-0.05, 0) is 91.6 Å². The van der Waals surface area contributed by atoms with E-state index in [4.69, 9.17) is 16.3 Å². The lowest BCUT2D eigenvalue weighted by Crippen LogP contribution is -2.46. The third kappa shape index (κ3) is 7.66. The molecule has 3 N–H and O–H groups in total. The Morgan fingerprint density at radius 2 is 1.76 bits per heavy atom. The van der Waals surface area contributed by atoms with E-state index in [2.05, 4.69) is 32.6 Å². The summed E-state index contributed by atoms with van der Waals surface area (Å²) in [6.07, 6.45) is 3.34. The molecule has 0 atom stereocenters. The minimum absolute atomic E-state index is 0.00599. The molecule has 0 heterocycles. The first-order valence-electron chi connectivity index (χ1n) is 12.1. The molecule has 1 fully saturated rings. The SMILES string of the molecule is O=C(NCC1(O)CCC(Cc2cc(Br)ccc2OCc2ccc(Cl)cc2)CC1)Nc1c(F)cccc1F. The number of hydrogen-bond acceptors (Lipinski definition) is 3. The van der Waals surface area contributed by atoms with Crippen LogP contribution in [0.25, 0.3) is 0 Å². The lowest BCUT2D eigenvalue weighted by molar-refractivity contribution is -0.00573. The monoisotopic (exact) mass is 592 g/mol. The van der Waals surface area contributed by atoms with Gasteiger partial charge in [0.1, 0.15) is 29.7 Å². The second kappa shape index (κ2) is 12.2. The van der Waals surface area contributed by atoms with E-state index in [1.54, 1.807) is 0 Å². The topological polar surface area (TPSA) is 70.6 Å². The molecule has 196 valence electrons. The van der Waals surface area contributed by atoms with Gasteiger partial charge in [-0.1, -0.05) is 45.7 Å². The lowest BCUT2D eigenvalue weighted by atomic mass is 9.76. The molecule has 0 aromatic heterocycles.